The Kier molecular flexibility index (Phi) is 4.83. The Bertz CT molecular complexity index is 719. The van der Waals surface area contributed by atoms with Crippen LogP contribution in [-0.2, 0) is 10.0 Å². The Hall–Kier alpha value is -1.60. The molecule has 132 valence electrons. The molecule has 0 bridgehead atoms. The van der Waals surface area contributed by atoms with Crippen molar-refractivity contribution in [3.63, 3.8) is 0 Å². The van der Waals surface area contributed by atoms with E-state index >= 15 is 0 Å². The van der Waals surface area contributed by atoms with E-state index in [9.17, 15) is 13.2 Å². The maximum Gasteiger partial charge on any atom is 0.320 e. The molecule has 7 heteroatoms. The molecule has 0 aromatic heterocycles. The molecule has 0 atom stereocenters. The van der Waals surface area contributed by atoms with Gasteiger partial charge in [-0.05, 0) is 49.9 Å². The lowest BCUT2D eigenvalue weighted by molar-refractivity contribution is 0.142. The summed E-state index contributed by atoms with van der Waals surface area (Å²) in [6.45, 7) is 7.15. The topological polar surface area (TPSA) is 60.9 Å². The molecule has 2 aliphatic rings. The lowest BCUT2D eigenvalue weighted by atomic mass is 10.1. The highest BCUT2D eigenvalue weighted by Gasteiger charge is 2.32. The van der Waals surface area contributed by atoms with Crippen LogP contribution in [0.2, 0.25) is 0 Å². The average molecular weight is 351 g/mol. The summed E-state index contributed by atoms with van der Waals surface area (Å²) in [5.74, 6) is 0. The van der Waals surface area contributed by atoms with Crippen molar-refractivity contribution in [2.24, 2.45) is 0 Å². The van der Waals surface area contributed by atoms with Gasteiger partial charge in [-0.1, -0.05) is 6.07 Å². The Morgan fingerprint density at radius 1 is 0.875 bits per heavy atom. The van der Waals surface area contributed by atoms with E-state index in [1.807, 2.05) is 24.8 Å². The third-order valence-corrected chi connectivity index (χ3v) is 6.90. The fourth-order valence-corrected chi connectivity index (χ4v) is 4.76. The van der Waals surface area contributed by atoms with E-state index in [4.69, 9.17) is 0 Å². The second-order valence-electron chi connectivity index (χ2n) is 6.61. The lowest BCUT2D eigenvalue weighted by Crippen LogP contribution is -2.53. The average Bonchev–Trinajstić information content (AvgIpc) is 3.11. The molecule has 0 N–H and O–H groups in total. The predicted molar refractivity (Wildman–Crippen MR) is 92.5 cm³/mol. The third kappa shape index (κ3) is 3.28. The predicted octanol–water partition coefficient (Wildman–Crippen LogP) is 1.83. The second-order valence-corrected chi connectivity index (χ2v) is 8.55. The van der Waals surface area contributed by atoms with Gasteiger partial charge in [0.05, 0.1) is 4.90 Å². The Balaban J connectivity index is 1.67. The quantitative estimate of drug-likeness (QED) is 0.817. The molecule has 0 radical (unpaired) electrons. The number of likely N-dealkylation sites (tertiary alicyclic amines) is 1. The lowest BCUT2D eigenvalue weighted by Gasteiger charge is -2.36. The maximum absolute atomic E-state index is 12.8. The van der Waals surface area contributed by atoms with E-state index < -0.39 is 10.0 Å². The minimum absolute atomic E-state index is 0.0516. The number of nitrogens with zero attached hydrogens (tertiary/aromatic N) is 3. The van der Waals surface area contributed by atoms with E-state index in [-0.39, 0.29) is 6.03 Å². The molecule has 2 aliphatic heterocycles. The Labute approximate surface area is 144 Å². The van der Waals surface area contributed by atoms with Crippen molar-refractivity contribution in [2.45, 2.75) is 31.6 Å². The van der Waals surface area contributed by atoms with Gasteiger partial charge in [0.15, 0.2) is 0 Å². The summed E-state index contributed by atoms with van der Waals surface area (Å²) in [5, 5.41) is 0. The number of urea groups is 1. The molecule has 24 heavy (non-hydrogen) atoms. The van der Waals surface area contributed by atoms with Crippen molar-refractivity contribution in [3.05, 3.63) is 29.3 Å². The van der Waals surface area contributed by atoms with E-state index in [0.717, 1.165) is 37.1 Å². The Morgan fingerprint density at radius 3 is 2.04 bits per heavy atom. The largest absolute Gasteiger partial charge is 0.325 e. The van der Waals surface area contributed by atoms with Gasteiger partial charge in [0, 0.05) is 39.3 Å². The van der Waals surface area contributed by atoms with Crippen molar-refractivity contribution in [1.29, 1.82) is 0 Å². The van der Waals surface area contributed by atoms with Crippen LogP contribution in [-0.4, -0.2) is 67.8 Å². The van der Waals surface area contributed by atoms with Crippen LogP contribution in [0.4, 0.5) is 4.79 Å². The highest BCUT2D eigenvalue weighted by Crippen LogP contribution is 2.21. The molecule has 0 spiro atoms. The number of benzene rings is 1. The Morgan fingerprint density at radius 2 is 1.46 bits per heavy atom. The summed E-state index contributed by atoms with van der Waals surface area (Å²) in [4.78, 5) is 16.4. The minimum atomic E-state index is -3.49. The molecule has 1 aromatic rings. The summed E-state index contributed by atoms with van der Waals surface area (Å²) in [7, 11) is -3.49. The van der Waals surface area contributed by atoms with Crippen molar-refractivity contribution in [1.82, 2.24) is 14.1 Å². The minimum Gasteiger partial charge on any atom is -0.325 e. The van der Waals surface area contributed by atoms with Gasteiger partial charge in [0.1, 0.15) is 0 Å². The fraction of sp³-hybridized carbons (Fsp3) is 0.588. The zero-order valence-corrected chi connectivity index (χ0v) is 15.2. The zero-order valence-electron chi connectivity index (χ0n) is 14.4. The summed E-state index contributed by atoms with van der Waals surface area (Å²) in [6, 6.07) is 5.29. The molecule has 0 unspecified atom stereocenters. The van der Waals surface area contributed by atoms with Crippen LogP contribution in [0, 0.1) is 13.8 Å². The van der Waals surface area contributed by atoms with E-state index in [0.29, 0.717) is 31.1 Å². The molecule has 0 aliphatic carbocycles. The van der Waals surface area contributed by atoms with Gasteiger partial charge in [-0.2, -0.15) is 4.31 Å². The molecule has 6 nitrogen and oxygen atoms in total. The van der Waals surface area contributed by atoms with Crippen molar-refractivity contribution in [2.75, 3.05) is 39.3 Å². The second kappa shape index (κ2) is 6.72. The van der Waals surface area contributed by atoms with Gasteiger partial charge in [-0.3, -0.25) is 0 Å². The maximum atomic E-state index is 12.8. The monoisotopic (exact) mass is 351 g/mol. The summed E-state index contributed by atoms with van der Waals surface area (Å²) >= 11 is 0. The molecular weight excluding hydrogens is 326 g/mol. The van der Waals surface area contributed by atoms with Crippen LogP contribution in [0.3, 0.4) is 0 Å². The summed E-state index contributed by atoms with van der Waals surface area (Å²) in [5.41, 5.74) is 2.05. The number of piperazine rings is 1. The molecule has 2 amide bonds. The van der Waals surface area contributed by atoms with Gasteiger partial charge < -0.3 is 9.80 Å². The van der Waals surface area contributed by atoms with Crippen LogP contribution in [0.25, 0.3) is 0 Å². The first-order valence-electron chi connectivity index (χ1n) is 8.51. The smallest absolute Gasteiger partial charge is 0.320 e. The number of hydrogen-bond donors (Lipinski definition) is 0. The van der Waals surface area contributed by atoms with Crippen LogP contribution in [0.1, 0.15) is 24.0 Å². The van der Waals surface area contributed by atoms with Crippen LogP contribution in [0.5, 0.6) is 0 Å². The van der Waals surface area contributed by atoms with Crippen LogP contribution in [0.15, 0.2) is 23.1 Å². The number of carbonyl (C=O) groups is 1. The van der Waals surface area contributed by atoms with Gasteiger partial charge >= 0.3 is 6.03 Å². The van der Waals surface area contributed by atoms with Crippen LogP contribution >= 0.6 is 0 Å². The number of hydrogen-bond acceptors (Lipinski definition) is 3. The summed E-state index contributed by atoms with van der Waals surface area (Å²) < 4.78 is 27.1. The number of carbonyl (C=O) groups excluding carboxylic acids is 1. The van der Waals surface area contributed by atoms with Crippen molar-refractivity contribution < 1.29 is 13.2 Å². The van der Waals surface area contributed by atoms with Gasteiger partial charge in [0.2, 0.25) is 10.0 Å². The molecule has 3 rings (SSSR count). The van der Waals surface area contributed by atoms with Gasteiger partial charge in [0.25, 0.3) is 0 Å². The summed E-state index contributed by atoms with van der Waals surface area (Å²) in [6.07, 6.45) is 2.12. The highest BCUT2D eigenvalue weighted by atomic mass is 32.2. The highest BCUT2D eigenvalue weighted by molar-refractivity contribution is 7.89. The van der Waals surface area contributed by atoms with E-state index in [1.54, 1.807) is 17.0 Å². The SMILES string of the molecule is Cc1ccc(S(=O)(=O)N2CCN(C(=O)N3CCCC3)CC2)cc1C. The van der Waals surface area contributed by atoms with E-state index in [1.165, 1.54) is 4.31 Å². The molecule has 0 saturated carbocycles. The molecule has 2 fully saturated rings. The molecule has 1 aromatic carbocycles. The van der Waals surface area contributed by atoms with Gasteiger partial charge in [-0.15, -0.1) is 0 Å². The number of rotatable bonds is 2. The first kappa shape index (κ1) is 17.2. The molecule has 2 saturated heterocycles. The third-order valence-electron chi connectivity index (χ3n) is 5.00. The normalized spacial score (nSPS) is 19.8. The standard InChI is InChI=1S/C17H25N3O3S/c1-14-5-6-16(13-15(14)2)24(22,23)20-11-9-19(10-12-20)17(21)18-7-3-4-8-18/h5-6,13H,3-4,7-12H2,1-2H3. The molecule has 2 heterocycles. The first-order chi connectivity index (χ1) is 11.4. The van der Waals surface area contributed by atoms with Crippen molar-refractivity contribution >= 4 is 16.1 Å². The molecular formula is C17H25N3O3S. The number of sulfonamides is 1. The number of aryl methyl sites for hydroxylation is 2. The fourth-order valence-electron chi connectivity index (χ4n) is 3.25. The first-order valence-corrected chi connectivity index (χ1v) is 9.95. The number of amides is 2. The van der Waals surface area contributed by atoms with Crippen LogP contribution < -0.4 is 0 Å². The van der Waals surface area contributed by atoms with Crippen molar-refractivity contribution in [3.8, 4) is 0 Å². The zero-order chi connectivity index (χ0) is 17.3. The van der Waals surface area contributed by atoms with E-state index in [2.05, 4.69) is 0 Å². The van der Waals surface area contributed by atoms with Gasteiger partial charge in [-0.25, -0.2) is 13.2 Å².